The third-order valence-corrected chi connectivity index (χ3v) is 2.88. The Morgan fingerprint density at radius 1 is 1.40 bits per heavy atom. The standard InChI is InChI=1S/C11H9FO3/c12-8-3-1-2-6-4-7-5-14-11(13)10(7)15-9(6)8/h1-3,7,10H,4-5H2. The number of halogens is 1. The van der Waals surface area contributed by atoms with Gasteiger partial charge < -0.3 is 9.47 Å². The van der Waals surface area contributed by atoms with Crippen LogP contribution in [0.2, 0.25) is 0 Å². The number of carbonyl (C=O) groups is 1. The fraction of sp³-hybridized carbons (Fsp3) is 0.364. The van der Waals surface area contributed by atoms with E-state index >= 15 is 0 Å². The normalized spacial score (nSPS) is 27.7. The zero-order valence-corrected chi connectivity index (χ0v) is 7.90. The number of ether oxygens (including phenoxy) is 2. The Morgan fingerprint density at radius 2 is 2.27 bits per heavy atom. The summed E-state index contributed by atoms with van der Waals surface area (Å²) >= 11 is 0. The predicted octanol–water partition coefficient (Wildman–Crippen LogP) is 1.30. The average Bonchev–Trinajstić information content (AvgIpc) is 2.59. The summed E-state index contributed by atoms with van der Waals surface area (Å²) in [5.41, 5.74) is 0.814. The number of carbonyl (C=O) groups excluding carboxylic acids is 1. The third-order valence-electron chi connectivity index (χ3n) is 2.88. The number of hydrogen-bond donors (Lipinski definition) is 0. The molecular formula is C11H9FO3. The Morgan fingerprint density at radius 3 is 3.13 bits per heavy atom. The van der Waals surface area contributed by atoms with E-state index in [1.807, 2.05) is 6.07 Å². The molecule has 78 valence electrons. The molecule has 1 aromatic rings. The molecule has 3 rings (SSSR count). The van der Waals surface area contributed by atoms with Gasteiger partial charge in [0.15, 0.2) is 11.6 Å². The summed E-state index contributed by atoms with van der Waals surface area (Å²) in [6.45, 7) is 0.374. The van der Waals surface area contributed by atoms with Gasteiger partial charge in [0.05, 0.1) is 6.61 Å². The third kappa shape index (κ3) is 1.21. The Kier molecular flexibility index (Phi) is 1.71. The molecule has 0 aromatic heterocycles. The Hall–Kier alpha value is -1.58. The van der Waals surface area contributed by atoms with Crippen molar-refractivity contribution in [1.29, 1.82) is 0 Å². The molecule has 0 radical (unpaired) electrons. The average molecular weight is 208 g/mol. The van der Waals surface area contributed by atoms with Crippen LogP contribution in [-0.2, 0) is 16.0 Å². The van der Waals surface area contributed by atoms with Crippen LogP contribution in [0.3, 0.4) is 0 Å². The maximum Gasteiger partial charge on any atom is 0.347 e. The summed E-state index contributed by atoms with van der Waals surface area (Å²) < 4.78 is 23.6. The molecule has 2 aliphatic heterocycles. The van der Waals surface area contributed by atoms with Crippen LogP contribution >= 0.6 is 0 Å². The molecule has 3 nitrogen and oxygen atoms in total. The molecule has 4 heteroatoms. The van der Waals surface area contributed by atoms with Gasteiger partial charge in [0.1, 0.15) is 0 Å². The van der Waals surface area contributed by atoms with Gasteiger partial charge >= 0.3 is 5.97 Å². The largest absolute Gasteiger partial charge is 0.475 e. The number of cyclic esters (lactones) is 1. The summed E-state index contributed by atoms with van der Waals surface area (Å²) in [5, 5.41) is 0. The second kappa shape index (κ2) is 2.95. The Bertz CT molecular complexity index is 430. The van der Waals surface area contributed by atoms with E-state index in [1.165, 1.54) is 6.07 Å². The van der Waals surface area contributed by atoms with E-state index in [2.05, 4.69) is 0 Å². The maximum atomic E-state index is 13.4. The Labute approximate surface area is 85.8 Å². The zero-order valence-electron chi connectivity index (χ0n) is 7.90. The van der Waals surface area contributed by atoms with Crippen molar-refractivity contribution in [2.24, 2.45) is 5.92 Å². The van der Waals surface area contributed by atoms with Crippen LogP contribution in [0.5, 0.6) is 5.75 Å². The number of para-hydroxylation sites is 1. The van der Waals surface area contributed by atoms with Gasteiger partial charge in [-0.25, -0.2) is 9.18 Å². The molecule has 1 fully saturated rings. The van der Waals surface area contributed by atoms with Crippen LogP contribution < -0.4 is 4.74 Å². The highest BCUT2D eigenvalue weighted by atomic mass is 19.1. The first-order valence-corrected chi connectivity index (χ1v) is 4.86. The predicted molar refractivity (Wildman–Crippen MR) is 49.0 cm³/mol. The first-order chi connectivity index (χ1) is 7.25. The van der Waals surface area contributed by atoms with Crippen LogP contribution in [-0.4, -0.2) is 18.7 Å². The summed E-state index contributed by atoms with van der Waals surface area (Å²) in [4.78, 5) is 11.3. The molecule has 1 aromatic carbocycles. The number of benzene rings is 1. The molecule has 2 aliphatic rings. The molecule has 2 unspecified atom stereocenters. The van der Waals surface area contributed by atoms with Crippen molar-refractivity contribution in [2.75, 3.05) is 6.61 Å². The van der Waals surface area contributed by atoms with Crippen molar-refractivity contribution >= 4 is 5.97 Å². The summed E-state index contributed by atoms with van der Waals surface area (Å²) in [5.74, 6) is -0.552. The van der Waals surface area contributed by atoms with Crippen LogP contribution in [0.4, 0.5) is 4.39 Å². The molecule has 15 heavy (non-hydrogen) atoms. The van der Waals surface area contributed by atoms with E-state index < -0.39 is 11.9 Å². The molecule has 1 saturated heterocycles. The molecule has 0 N–H and O–H groups in total. The van der Waals surface area contributed by atoms with E-state index in [-0.39, 0.29) is 17.6 Å². The first-order valence-electron chi connectivity index (χ1n) is 4.86. The minimum absolute atomic E-state index is 0.0341. The number of hydrogen-bond acceptors (Lipinski definition) is 3. The van der Waals surface area contributed by atoms with Crippen molar-refractivity contribution in [3.63, 3.8) is 0 Å². The van der Waals surface area contributed by atoms with E-state index in [0.717, 1.165) is 5.56 Å². The lowest BCUT2D eigenvalue weighted by molar-refractivity contribution is -0.143. The topological polar surface area (TPSA) is 35.5 Å². The van der Waals surface area contributed by atoms with Crippen LogP contribution in [0.1, 0.15) is 5.56 Å². The van der Waals surface area contributed by atoms with Crippen LogP contribution in [0.15, 0.2) is 18.2 Å². The molecule has 0 bridgehead atoms. The van der Waals surface area contributed by atoms with Gasteiger partial charge in [-0.3, -0.25) is 0 Å². The summed E-state index contributed by atoms with van der Waals surface area (Å²) in [7, 11) is 0. The lowest BCUT2D eigenvalue weighted by Gasteiger charge is -2.25. The monoisotopic (exact) mass is 208 g/mol. The van der Waals surface area contributed by atoms with E-state index in [1.54, 1.807) is 6.07 Å². The maximum absolute atomic E-state index is 13.4. The van der Waals surface area contributed by atoms with E-state index in [0.29, 0.717) is 13.0 Å². The highest BCUT2D eigenvalue weighted by Gasteiger charge is 2.43. The van der Waals surface area contributed by atoms with Gasteiger partial charge in [0.25, 0.3) is 0 Å². The van der Waals surface area contributed by atoms with Crippen molar-refractivity contribution in [3.8, 4) is 5.75 Å². The first kappa shape index (κ1) is 8.71. The van der Waals surface area contributed by atoms with Crippen molar-refractivity contribution < 1.29 is 18.7 Å². The fourth-order valence-electron chi connectivity index (χ4n) is 2.12. The molecule has 2 heterocycles. The van der Waals surface area contributed by atoms with Gasteiger partial charge in [-0.15, -0.1) is 0 Å². The van der Waals surface area contributed by atoms with E-state index in [9.17, 15) is 9.18 Å². The number of rotatable bonds is 0. The van der Waals surface area contributed by atoms with Crippen LogP contribution in [0.25, 0.3) is 0 Å². The van der Waals surface area contributed by atoms with Gasteiger partial charge in [0.2, 0.25) is 6.10 Å². The van der Waals surface area contributed by atoms with Gasteiger partial charge in [-0.05, 0) is 18.1 Å². The van der Waals surface area contributed by atoms with Crippen LogP contribution in [0, 0.1) is 11.7 Å². The molecule has 0 spiro atoms. The SMILES string of the molecule is O=C1OCC2Cc3cccc(F)c3OC12. The van der Waals surface area contributed by atoms with Crippen molar-refractivity contribution in [2.45, 2.75) is 12.5 Å². The number of fused-ring (bicyclic) bond motifs is 2. The lowest BCUT2D eigenvalue weighted by atomic mass is 9.93. The van der Waals surface area contributed by atoms with Gasteiger partial charge in [-0.1, -0.05) is 12.1 Å². The molecule has 0 aliphatic carbocycles. The minimum Gasteiger partial charge on any atom is -0.475 e. The van der Waals surface area contributed by atoms with E-state index in [4.69, 9.17) is 9.47 Å². The fourth-order valence-corrected chi connectivity index (χ4v) is 2.12. The Balaban J connectivity index is 2.03. The molecule has 2 atom stereocenters. The number of esters is 1. The molecule has 0 amide bonds. The van der Waals surface area contributed by atoms with Crippen molar-refractivity contribution in [1.82, 2.24) is 0 Å². The molecular weight excluding hydrogens is 199 g/mol. The second-order valence-electron chi connectivity index (χ2n) is 3.86. The second-order valence-corrected chi connectivity index (χ2v) is 3.86. The van der Waals surface area contributed by atoms with Gasteiger partial charge in [0, 0.05) is 5.92 Å². The minimum atomic E-state index is -0.616. The van der Waals surface area contributed by atoms with Crippen molar-refractivity contribution in [3.05, 3.63) is 29.6 Å². The molecule has 0 saturated carbocycles. The quantitative estimate of drug-likeness (QED) is 0.603. The summed E-state index contributed by atoms with van der Waals surface area (Å²) in [6.07, 6.45) is 0.0261. The van der Waals surface area contributed by atoms with Gasteiger partial charge in [-0.2, -0.15) is 0 Å². The highest BCUT2D eigenvalue weighted by Crippen LogP contribution is 2.35. The smallest absolute Gasteiger partial charge is 0.347 e. The lowest BCUT2D eigenvalue weighted by Crippen LogP contribution is -2.34. The summed E-state index contributed by atoms with van der Waals surface area (Å²) in [6, 6.07) is 4.80. The zero-order chi connectivity index (χ0) is 10.4. The highest BCUT2D eigenvalue weighted by molar-refractivity contribution is 5.78.